The van der Waals surface area contributed by atoms with Gasteiger partial charge in [-0.3, -0.25) is 0 Å². The first-order valence-electron chi connectivity index (χ1n) is 5.93. The van der Waals surface area contributed by atoms with Gasteiger partial charge in [0, 0.05) is 20.2 Å². The minimum absolute atomic E-state index is 0.382. The molecule has 1 saturated heterocycles. The Kier molecular flexibility index (Phi) is 6.91. The highest BCUT2D eigenvalue weighted by atomic mass is 16.5. The van der Waals surface area contributed by atoms with E-state index in [1.54, 1.807) is 7.11 Å². The van der Waals surface area contributed by atoms with Gasteiger partial charge in [-0.2, -0.15) is 0 Å². The fourth-order valence-electron chi connectivity index (χ4n) is 1.98. The lowest BCUT2D eigenvalue weighted by molar-refractivity contribution is 0.00179. The Morgan fingerprint density at radius 1 is 1.50 bits per heavy atom. The SMILES string of the molecule is COCCOCC(O)CN1CCC(CN)C1. The molecule has 16 heavy (non-hydrogen) atoms. The highest BCUT2D eigenvalue weighted by Crippen LogP contribution is 2.14. The van der Waals surface area contributed by atoms with E-state index in [-0.39, 0.29) is 0 Å². The molecule has 0 saturated carbocycles. The second kappa shape index (κ2) is 7.97. The molecule has 0 bridgehead atoms. The number of ether oxygens (including phenoxy) is 2. The minimum atomic E-state index is -0.409. The maximum absolute atomic E-state index is 9.73. The van der Waals surface area contributed by atoms with Crippen LogP contribution in [0.5, 0.6) is 0 Å². The first-order chi connectivity index (χ1) is 7.76. The largest absolute Gasteiger partial charge is 0.389 e. The molecule has 5 heteroatoms. The van der Waals surface area contributed by atoms with E-state index in [2.05, 4.69) is 4.90 Å². The smallest absolute Gasteiger partial charge is 0.0900 e. The third kappa shape index (κ3) is 5.23. The molecule has 1 rings (SSSR count). The van der Waals surface area contributed by atoms with Crippen LogP contribution in [0.3, 0.4) is 0 Å². The number of hydrogen-bond acceptors (Lipinski definition) is 5. The molecule has 3 N–H and O–H groups in total. The van der Waals surface area contributed by atoms with Crippen molar-refractivity contribution in [1.29, 1.82) is 0 Å². The lowest BCUT2D eigenvalue weighted by atomic mass is 10.1. The lowest BCUT2D eigenvalue weighted by Gasteiger charge is -2.19. The zero-order chi connectivity index (χ0) is 11.8. The van der Waals surface area contributed by atoms with E-state index in [1.165, 1.54) is 0 Å². The molecule has 0 spiro atoms. The van der Waals surface area contributed by atoms with E-state index in [0.29, 0.717) is 32.3 Å². The Morgan fingerprint density at radius 3 is 2.94 bits per heavy atom. The molecule has 0 aromatic rings. The molecule has 0 amide bonds. The van der Waals surface area contributed by atoms with Gasteiger partial charge in [0.2, 0.25) is 0 Å². The maximum atomic E-state index is 9.73. The highest BCUT2D eigenvalue weighted by molar-refractivity contribution is 4.77. The van der Waals surface area contributed by atoms with Crippen molar-refractivity contribution in [3.8, 4) is 0 Å². The molecule has 1 fully saturated rings. The molecule has 1 aliphatic heterocycles. The zero-order valence-electron chi connectivity index (χ0n) is 10.1. The average Bonchev–Trinajstić information content (AvgIpc) is 2.72. The summed E-state index contributed by atoms with van der Waals surface area (Å²) in [5, 5.41) is 9.73. The van der Waals surface area contributed by atoms with E-state index in [0.717, 1.165) is 26.1 Å². The lowest BCUT2D eigenvalue weighted by Crippen LogP contribution is -2.34. The number of hydrogen-bond donors (Lipinski definition) is 2. The second-order valence-electron chi connectivity index (χ2n) is 4.37. The number of methoxy groups -OCH3 is 1. The van der Waals surface area contributed by atoms with Crippen LogP contribution < -0.4 is 5.73 Å². The molecule has 0 aliphatic carbocycles. The van der Waals surface area contributed by atoms with E-state index in [1.807, 2.05) is 0 Å². The predicted molar refractivity (Wildman–Crippen MR) is 62.3 cm³/mol. The Hall–Kier alpha value is -0.200. The normalized spacial score (nSPS) is 23.8. The number of nitrogens with two attached hydrogens (primary N) is 1. The molecular formula is C11H24N2O3. The summed E-state index contributed by atoms with van der Waals surface area (Å²) in [6, 6.07) is 0. The predicted octanol–water partition coefficient (Wildman–Crippen LogP) is -0.709. The summed E-state index contributed by atoms with van der Waals surface area (Å²) in [7, 11) is 1.64. The van der Waals surface area contributed by atoms with Crippen molar-refractivity contribution in [1.82, 2.24) is 4.90 Å². The van der Waals surface area contributed by atoms with Crippen LogP contribution >= 0.6 is 0 Å². The van der Waals surface area contributed by atoms with Crippen molar-refractivity contribution in [2.45, 2.75) is 12.5 Å². The molecule has 2 unspecified atom stereocenters. The monoisotopic (exact) mass is 232 g/mol. The summed E-state index contributed by atoms with van der Waals surface area (Å²) in [4.78, 5) is 2.25. The van der Waals surface area contributed by atoms with Gasteiger partial charge in [0.05, 0.1) is 25.9 Å². The van der Waals surface area contributed by atoms with Crippen LogP contribution in [0, 0.1) is 5.92 Å². The van der Waals surface area contributed by atoms with Gasteiger partial charge in [0.15, 0.2) is 0 Å². The van der Waals surface area contributed by atoms with Gasteiger partial charge in [0.1, 0.15) is 0 Å². The van der Waals surface area contributed by atoms with E-state index < -0.39 is 6.10 Å². The Balaban J connectivity index is 2.03. The third-order valence-electron chi connectivity index (χ3n) is 2.91. The number of aliphatic hydroxyl groups is 1. The number of aliphatic hydroxyl groups excluding tert-OH is 1. The number of rotatable bonds is 8. The quantitative estimate of drug-likeness (QED) is 0.541. The highest BCUT2D eigenvalue weighted by Gasteiger charge is 2.22. The molecule has 5 nitrogen and oxygen atoms in total. The van der Waals surface area contributed by atoms with Crippen molar-refractivity contribution in [2.75, 3.05) is 53.1 Å². The van der Waals surface area contributed by atoms with Crippen LogP contribution in [0.15, 0.2) is 0 Å². The van der Waals surface area contributed by atoms with Crippen LogP contribution in [0.4, 0.5) is 0 Å². The van der Waals surface area contributed by atoms with Gasteiger partial charge in [-0.15, -0.1) is 0 Å². The van der Waals surface area contributed by atoms with Crippen molar-refractivity contribution in [3.63, 3.8) is 0 Å². The molecular weight excluding hydrogens is 208 g/mol. The van der Waals surface area contributed by atoms with Gasteiger partial charge in [-0.1, -0.05) is 0 Å². The topological polar surface area (TPSA) is 68.0 Å². The van der Waals surface area contributed by atoms with Crippen molar-refractivity contribution < 1.29 is 14.6 Å². The summed E-state index contributed by atoms with van der Waals surface area (Å²) < 4.78 is 10.1. The van der Waals surface area contributed by atoms with Gasteiger partial charge in [0.25, 0.3) is 0 Å². The summed E-state index contributed by atoms with van der Waals surface area (Å²) in [6.45, 7) is 4.97. The first kappa shape index (κ1) is 13.9. The average molecular weight is 232 g/mol. The third-order valence-corrected chi connectivity index (χ3v) is 2.91. The van der Waals surface area contributed by atoms with Crippen molar-refractivity contribution >= 4 is 0 Å². The number of likely N-dealkylation sites (tertiary alicyclic amines) is 1. The molecule has 1 aliphatic rings. The van der Waals surface area contributed by atoms with Crippen molar-refractivity contribution in [2.24, 2.45) is 11.7 Å². The van der Waals surface area contributed by atoms with Gasteiger partial charge < -0.3 is 25.2 Å². The van der Waals surface area contributed by atoms with E-state index >= 15 is 0 Å². The van der Waals surface area contributed by atoms with Crippen LogP contribution in [0.25, 0.3) is 0 Å². The zero-order valence-corrected chi connectivity index (χ0v) is 10.1. The molecule has 96 valence electrons. The van der Waals surface area contributed by atoms with Gasteiger partial charge >= 0.3 is 0 Å². The number of nitrogens with zero attached hydrogens (tertiary/aromatic N) is 1. The summed E-state index contributed by atoms with van der Waals surface area (Å²) in [6.07, 6.45) is 0.738. The maximum Gasteiger partial charge on any atom is 0.0900 e. The second-order valence-corrected chi connectivity index (χ2v) is 4.37. The van der Waals surface area contributed by atoms with Gasteiger partial charge in [-0.25, -0.2) is 0 Å². The minimum Gasteiger partial charge on any atom is -0.389 e. The first-order valence-corrected chi connectivity index (χ1v) is 5.93. The number of β-amino-alcohol motifs (C(OH)–C–C–N with tert-alkyl or cyclic N) is 1. The van der Waals surface area contributed by atoms with E-state index in [9.17, 15) is 5.11 Å². The fourth-order valence-corrected chi connectivity index (χ4v) is 1.98. The van der Waals surface area contributed by atoms with Crippen LogP contribution in [-0.4, -0.2) is 69.2 Å². The molecule has 0 radical (unpaired) electrons. The van der Waals surface area contributed by atoms with Crippen LogP contribution in [-0.2, 0) is 9.47 Å². The Labute approximate surface area is 97.5 Å². The molecule has 2 atom stereocenters. The molecule has 0 aromatic heterocycles. The molecule has 1 heterocycles. The fraction of sp³-hybridized carbons (Fsp3) is 1.00. The van der Waals surface area contributed by atoms with E-state index in [4.69, 9.17) is 15.2 Å². The van der Waals surface area contributed by atoms with Crippen LogP contribution in [0.2, 0.25) is 0 Å². The van der Waals surface area contributed by atoms with Gasteiger partial charge in [-0.05, 0) is 25.4 Å². The summed E-state index contributed by atoms with van der Waals surface area (Å²) >= 11 is 0. The molecule has 0 aromatic carbocycles. The Bertz CT molecular complexity index is 181. The Morgan fingerprint density at radius 2 is 2.31 bits per heavy atom. The summed E-state index contributed by atoms with van der Waals surface area (Å²) in [5.41, 5.74) is 5.61. The van der Waals surface area contributed by atoms with Crippen LogP contribution in [0.1, 0.15) is 6.42 Å². The summed E-state index contributed by atoms with van der Waals surface area (Å²) in [5.74, 6) is 0.599. The standard InChI is InChI=1S/C11H24N2O3/c1-15-4-5-16-9-11(14)8-13-3-2-10(6-12)7-13/h10-11,14H,2-9,12H2,1H3. The van der Waals surface area contributed by atoms with Crippen molar-refractivity contribution in [3.05, 3.63) is 0 Å².